The molecule has 0 aromatic carbocycles. The number of hydrogen-bond donors (Lipinski definition) is 1. The molecular weight excluding hydrogens is 264 g/mol. The van der Waals surface area contributed by atoms with Gasteiger partial charge in [0.05, 0.1) is 11.0 Å². The highest BCUT2D eigenvalue weighted by molar-refractivity contribution is 7.16. The Morgan fingerprint density at radius 3 is 2.84 bits per heavy atom. The third-order valence-corrected chi connectivity index (χ3v) is 5.12. The maximum absolute atomic E-state index is 11.2. The molecule has 1 aliphatic heterocycles. The third-order valence-electron chi connectivity index (χ3n) is 3.81. The fraction of sp³-hybridized carbons (Fsp3) is 0.692. The van der Waals surface area contributed by atoms with Gasteiger partial charge in [-0.05, 0) is 33.1 Å². The molecule has 2 heterocycles. The number of thiophene rings is 1. The van der Waals surface area contributed by atoms with E-state index in [1.54, 1.807) is 6.92 Å². The topological polar surface area (TPSA) is 66.6 Å². The third kappa shape index (κ3) is 2.60. The van der Waals surface area contributed by atoms with Crippen LogP contribution < -0.4 is 4.90 Å². The lowest BCUT2D eigenvalue weighted by Gasteiger charge is -2.28. The van der Waals surface area contributed by atoms with E-state index in [0.717, 1.165) is 19.3 Å². The molecule has 0 aliphatic carbocycles. The van der Waals surface area contributed by atoms with E-state index in [-0.39, 0.29) is 10.6 Å². The van der Waals surface area contributed by atoms with Crippen LogP contribution in [0.4, 0.5) is 10.7 Å². The minimum atomic E-state index is -0.657. The molecule has 6 heteroatoms. The van der Waals surface area contributed by atoms with Crippen LogP contribution in [0, 0.1) is 10.1 Å². The lowest BCUT2D eigenvalue weighted by atomic mass is 10.1. The zero-order chi connectivity index (χ0) is 14.2. The number of nitrogens with zero attached hydrogens (tertiary/aromatic N) is 2. The van der Waals surface area contributed by atoms with Gasteiger partial charge in [-0.2, -0.15) is 0 Å². The number of nitro groups is 1. The van der Waals surface area contributed by atoms with Crippen LogP contribution in [-0.2, 0) is 0 Å². The summed E-state index contributed by atoms with van der Waals surface area (Å²) >= 11 is 1.35. The minimum Gasteiger partial charge on any atom is -0.388 e. The zero-order valence-corrected chi connectivity index (χ0v) is 12.3. The van der Waals surface area contributed by atoms with Gasteiger partial charge in [0.15, 0.2) is 5.00 Å². The van der Waals surface area contributed by atoms with Gasteiger partial charge in [0.1, 0.15) is 0 Å². The summed E-state index contributed by atoms with van der Waals surface area (Å²) in [6.07, 6.45) is 2.48. The van der Waals surface area contributed by atoms with Gasteiger partial charge in [-0.1, -0.05) is 6.92 Å². The van der Waals surface area contributed by atoms with Gasteiger partial charge in [0, 0.05) is 23.0 Å². The fourth-order valence-electron chi connectivity index (χ4n) is 2.75. The molecule has 3 unspecified atom stereocenters. The number of hydrogen-bond acceptors (Lipinski definition) is 5. The average Bonchev–Trinajstić information content (AvgIpc) is 2.91. The largest absolute Gasteiger partial charge is 0.388 e. The number of aliphatic hydroxyl groups is 1. The van der Waals surface area contributed by atoms with Crippen molar-refractivity contribution in [3.8, 4) is 0 Å². The molecule has 19 heavy (non-hydrogen) atoms. The molecule has 0 radical (unpaired) electrons. The first-order chi connectivity index (χ1) is 8.95. The molecule has 1 N–H and O–H groups in total. The summed E-state index contributed by atoms with van der Waals surface area (Å²) in [5.41, 5.74) is 0.133. The summed E-state index contributed by atoms with van der Waals surface area (Å²) in [5, 5.41) is 21.6. The first-order valence-electron chi connectivity index (χ1n) is 6.70. The SMILES string of the molecule is CCC1CCC(C)N1c1sc(C(C)O)cc1[N+](=O)[O-]. The van der Waals surface area contributed by atoms with Crippen molar-refractivity contribution in [1.29, 1.82) is 0 Å². The van der Waals surface area contributed by atoms with E-state index in [1.165, 1.54) is 17.4 Å². The number of aliphatic hydroxyl groups excluding tert-OH is 1. The van der Waals surface area contributed by atoms with Gasteiger partial charge >= 0.3 is 5.69 Å². The standard InChI is InChI=1S/C13H20N2O3S/c1-4-10-6-5-8(2)14(10)13-11(15(17)18)7-12(19-13)9(3)16/h7-10,16H,4-6H2,1-3H3. The van der Waals surface area contributed by atoms with E-state index in [4.69, 9.17) is 0 Å². The zero-order valence-electron chi connectivity index (χ0n) is 11.5. The summed E-state index contributed by atoms with van der Waals surface area (Å²) in [6, 6.07) is 2.21. The second-order valence-corrected chi connectivity index (χ2v) is 6.23. The fourth-order valence-corrected chi connectivity index (χ4v) is 3.99. The molecule has 5 nitrogen and oxygen atoms in total. The molecule has 0 spiro atoms. The molecule has 1 aliphatic rings. The van der Waals surface area contributed by atoms with Gasteiger partial charge in [-0.3, -0.25) is 10.1 Å². The van der Waals surface area contributed by atoms with Crippen LogP contribution in [0.5, 0.6) is 0 Å². The molecule has 0 bridgehead atoms. The maximum atomic E-state index is 11.2. The van der Waals surface area contributed by atoms with Gasteiger partial charge in [0.2, 0.25) is 0 Å². The van der Waals surface area contributed by atoms with E-state index >= 15 is 0 Å². The monoisotopic (exact) mass is 284 g/mol. The Morgan fingerprint density at radius 2 is 2.32 bits per heavy atom. The van der Waals surface area contributed by atoms with Crippen LogP contribution in [0.2, 0.25) is 0 Å². The van der Waals surface area contributed by atoms with Crippen LogP contribution in [-0.4, -0.2) is 22.1 Å². The van der Waals surface area contributed by atoms with E-state index < -0.39 is 6.10 Å². The van der Waals surface area contributed by atoms with Gasteiger partial charge < -0.3 is 10.0 Å². The number of anilines is 1. The quantitative estimate of drug-likeness (QED) is 0.679. The van der Waals surface area contributed by atoms with Crippen molar-refractivity contribution in [3.05, 3.63) is 21.1 Å². The lowest BCUT2D eigenvalue weighted by molar-refractivity contribution is -0.383. The van der Waals surface area contributed by atoms with Crippen LogP contribution in [0.15, 0.2) is 6.07 Å². The van der Waals surface area contributed by atoms with E-state index in [0.29, 0.717) is 22.0 Å². The van der Waals surface area contributed by atoms with Crippen molar-refractivity contribution in [2.45, 2.75) is 58.2 Å². The van der Waals surface area contributed by atoms with Crippen molar-refractivity contribution in [3.63, 3.8) is 0 Å². The highest BCUT2D eigenvalue weighted by Crippen LogP contribution is 2.45. The summed E-state index contributed by atoms with van der Waals surface area (Å²) in [4.78, 5) is 13.7. The van der Waals surface area contributed by atoms with Crippen LogP contribution in [0.1, 0.15) is 51.0 Å². The molecule has 0 saturated carbocycles. The van der Waals surface area contributed by atoms with Crippen LogP contribution in [0.3, 0.4) is 0 Å². The van der Waals surface area contributed by atoms with Crippen LogP contribution >= 0.6 is 11.3 Å². The number of rotatable bonds is 4. The Bertz CT molecular complexity index is 472. The lowest BCUT2D eigenvalue weighted by Crippen LogP contribution is -2.33. The Labute approximate surface area is 117 Å². The normalized spacial score (nSPS) is 24.7. The second-order valence-electron chi connectivity index (χ2n) is 5.17. The average molecular weight is 284 g/mol. The molecule has 2 rings (SSSR count). The Kier molecular flexibility index (Phi) is 4.10. The molecule has 1 fully saturated rings. The van der Waals surface area contributed by atoms with Gasteiger partial charge in [-0.25, -0.2) is 0 Å². The van der Waals surface area contributed by atoms with Crippen LogP contribution in [0.25, 0.3) is 0 Å². The summed E-state index contributed by atoms with van der Waals surface area (Å²) < 4.78 is 0. The predicted molar refractivity (Wildman–Crippen MR) is 76.9 cm³/mol. The Balaban J connectivity index is 2.44. The molecule has 106 valence electrons. The molecule has 3 atom stereocenters. The van der Waals surface area contributed by atoms with Crippen molar-refractivity contribution >= 4 is 22.0 Å². The summed E-state index contributed by atoms with van der Waals surface area (Å²) in [5.74, 6) is 0. The highest BCUT2D eigenvalue weighted by atomic mass is 32.1. The molecule has 0 amide bonds. The minimum absolute atomic E-state index is 0.133. The molecule has 1 aromatic heterocycles. The second kappa shape index (κ2) is 5.46. The predicted octanol–water partition coefficient (Wildman–Crippen LogP) is 3.48. The first-order valence-corrected chi connectivity index (χ1v) is 7.51. The first kappa shape index (κ1) is 14.3. The van der Waals surface area contributed by atoms with Gasteiger partial charge in [0.25, 0.3) is 0 Å². The molecule has 1 saturated heterocycles. The van der Waals surface area contributed by atoms with E-state index in [9.17, 15) is 15.2 Å². The molecular formula is C13H20N2O3S. The van der Waals surface area contributed by atoms with E-state index in [2.05, 4.69) is 18.7 Å². The van der Waals surface area contributed by atoms with E-state index in [1.807, 2.05) is 0 Å². The smallest absolute Gasteiger partial charge is 0.304 e. The maximum Gasteiger partial charge on any atom is 0.304 e. The van der Waals surface area contributed by atoms with Gasteiger partial charge in [-0.15, -0.1) is 11.3 Å². The van der Waals surface area contributed by atoms with Crippen molar-refractivity contribution in [2.24, 2.45) is 0 Å². The van der Waals surface area contributed by atoms with Crippen molar-refractivity contribution in [1.82, 2.24) is 0 Å². The Morgan fingerprint density at radius 1 is 1.63 bits per heavy atom. The highest BCUT2D eigenvalue weighted by Gasteiger charge is 2.35. The summed E-state index contributed by atoms with van der Waals surface area (Å²) in [7, 11) is 0. The molecule has 1 aromatic rings. The van der Waals surface area contributed by atoms with Crippen molar-refractivity contribution in [2.75, 3.05) is 4.90 Å². The Hall–Kier alpha value is -1.14. The summed E-state index contributed by atoms with van der Waals surface area (Å²) in [6.45, 7) is 5.87. The van der Waals surface area contributed by atoms with Crippen molar-refractivity contribution < 1.29 is 10.0 Å².